The van der Waals surface area contributed by atoms with Gasteiger partial charge in [-0.15, -0.1) is 0 Å². The summed E-state index contributed by atoms with van der Waals surface area (Å²) in [6.07, 6.45) is 2.43. The number of para-hydroxylation sites is 1. The molecule has 0 unspecified atom stereocenters. The molecule has 0 fully saturated rings. The zero-order valence-corrected chi connectivity index (χ0v) is 19.5. The number of rotatable bonds is 11. The zero-order chi connectivity index (χ0) is 23.1. The van der Waals surface area contributed by atoms with Gasteiger partial charge in [0.1, 0.15) is 5.69 Å². The van der Waals surface area contributed by atoms with Gasteiger partial charge in [0.2, 0.25) is 5.88 Å². The van der Waals surface area contributed by atoms with E-state index in [9.17, 15) is 9.50 Å². The van der Waals surface area contributed by atoms with E-state index in [4.69, 9.17) is 9.84 Å². The van der Waals surface area contributed by atoms with Crippen LogP contribution in [0.25, 0.3) is 11.3 Å². The lowest BCUT2D eigenvalue weighted by Crippen LogP contribution is -2.37. The molecule has 1 N–H and O–H groups in total. The van der Waals surface area contributed by atoms with E-state index in [-0.39, 0.29) is 11.8 Å². The highest BCUT2D eigenvalue weighted by atomic mass is 19.1. The Morgan fingerprint density at radius 1 is 1.09 bits per heavy atom. The minimum absolute atomic E-state index is 0.162. The average molecular weight is 440 g/mol. The predicted molar refractivity (Wildman–Crippen MR) is 126 cm³/mol. The summed E-state index contributed by atoms with van der Waals surface area (Å²) in [5.41, 5.74) is 2.64. The third-order valence-electron chi connectivity index (χ3n) is 5.61. The Hall–Kier alpha value is -2.70. The van der Waals surface area contributed by atoms with Crippen LogP contribution in [0.4, 0.5) is 4.39 Å². The van der Waals surface area contributed by atoms with Crippen molar-refractivity contribution in [3.63, 3.8) is 0 Å². The molecule has 1 atom stereocenters. The highest BCUT2D eigenvalue weighted by molar-refractivity contribution is 5.65. The quantitative estimate of drug-likeness (QED) is 0.411. The van der Waals surface area contributed by atoms with Crippen molar-refractivity contribution >= 4 is 0 Å². The maximum absolute atomic E-state index is 14.4. The van der Waals surface area contributed by atoms with Crippen LogP contribution < -0.4 is 4.74 Å². The van der Waals surface area contributed by atoms with E-state index in [1.54, 1.807) is 22.9 Å². The number of hydrogen-bond acceptors (Lipinski definition) is 4. The second-order valence-electron chi connectivity index (χ2n) is 8.47. The van der Waals surface area contributed by atoms with Gasteiger partial charge in [-0.25, -0.2) is 9.07 Å². The van der Waals surface area contributed by atoms with Crippen LogP contribution in [0.2, 0.25) is 0 Å². The van der Waals surface area contributed by atoms with Gasteiger partial charge in [-0.3, -0.25) is 4.90 Å². The summed E-state index contributed by atoms with van der Waals surface area (Å²) in [4.78, 5) is 2.22. The van der Waals surface area contributed by atoms with Crippen molar-refractivity contribution in [2.75, 3.05) is 6.54 Å². The minimum atomic E-state index is -0.420. The zero-order valence-electron chi connectivity index (χ0n) is 19.5. The van der Waals surface area contributed by atoms with Crippen molar-refractivity contribution in [2.45, 2.75) is 58.7 Å². The molecule has 3 rings (SSSR count). The molecule has 1 heterocycles. The maximum atomic E-state index is 14.4. The molecule has 0 amide bonds. The van der Waals surface area contributed by atoms with Gasteiger partial charge in [0.15, 0.2) is 11.6 Å². The molecule has 1 aromatic heterocycles. The monoisotopic (exact) mass is 439 g/mol. The van der Waals surface area contributed by atoms with Crippen molar-refractivity contribution in [3.05, 3.63) is 66.0 Å². The van der Waals surface area contributed by atoms with Crippen LogP contribution in [0.15, 0.2) is 54.6 Å². The third kappa shape index (κ3) is 5.96. The Kier molecular flexibility index (Phi) is 8.42. The van der Waals surface area contributed by atoms with Crippen LogP contribution in [0.1, 0.15) is 45.6 Å². The van der Waals surface area contributed by atoms with Crippen LogP contribution in [0.5, 0.6) is 11.6 Å². The minimum Gasteiger partial charge on any atom is -0.436 e. The van der Waals surface area contributed by atoms with Crippen molar-refractivity contribution in [1.82, 2.24) is 14.7 Å². The standard InChI is InChI=1S/C26H34FN3O2/c1-5-6-14-21(31)17-30(19(2)3)18-22-25(20-12-8-7-9-13-20)28-29(4)26(22)32-24-16-11-10-15-23(24)27/h7-13,15-16,19,21,31H,5-6,14,17-18H2,1-4H3/t21-/m0/s1. The predicted octanol–water partition coefficient (Wildman–Crippen LogP) is 5.78. The van der Waals surface area contributed by atoms with Crippen molar-refractivity contribution in [3.8, 4) is 22.9 Å². The topological polar surface area (TPSA) is 50.5 Å². The summed E-state index contributed by atoms with van der Waals surface area (Å²) in [5, 5.41) is 15.3. The lowest BCUT2D eigenvalue weighted by atomic mass is 10.1. The molecule has 0 aliphatic rings. The van der Waals surface area contributed by atoms with Crippen molar-refractivity contribution in [2.24, 2.45) is 7.05 Å². The Labute approximate surface area is 190 Å². The first-order chi connectivity index (χ1) is 15.4. The number of aliphatic hydroxyl groups is 1. The van der Waals surface area contributed by atoms with Crippen LogP contribution >= 0.6 is 0 Å². The number of aryl methyl sites for hydroxylation is 1. The Bertz CT molecular complexity index is 988. The van der Waals surface area contributed by atoms with Gasteiger partial charge >= 0.3 is 0 Å². The molecule has 0 aliphatic carbocycles. The van der Waals surface area contributed by atoms with Gasteiger partial charge in [0.25, 0.3) is 0 Å². The van der Waals surface area contributed by atoms with Gasteiger partial charge in [-0.1, -0.05) is 62.2 Å². The van der Waals surface area contributed by atoms with Crippen LogP contribution in [0.3, 0.4) is 0 Å². The number of aromatic nitrogens is 2. The number of ether oxygens (including phenoxy) is 1. The molecule has 3 aromatic rings. The fraction of sp³-hybridized carbons (Fsp3) is 0.423. The molecular formula is C26H34FN3O2. The molecule has 5 nitrogen and oxygen atoms in total. The van der Waals surface area contributed by atoms with Gasteiger partial charge in [-0.05, 0) is 32.4 Å². The fourth-order valence-corrected chi connectivity index (χ4v) is 3.74. The largest absolute Gasteiger partial charge is 0.436 e. The Balaban J connectivity index is 1.99. The number of benzene rings is 2. The van der Waals surface area contributed by atoms with Gasteiger partial charge in [0.05, 0.1) is 11.7 Å². The van der Waals surface area contributed by atoms with E-state index in [1.165, 1.54) is 6.07 Å². The highest BCUT2D eigenvalue weighted by Gasteiger charge is 2.25. The molecule has 6 heteroatoms. The fourth-order valence-electron chi connectivity index (χ4n) is 3.74. The number of aliphatic hydroxyl groups excluding tert-OH is 1. The Morgan fingerprint density at radius 2 is 1.78 bits per heavy atom. The number of nitrogens with zero attached hydrogens (tertiary/aromatic N) is 3. The summed E-state index contributed by atoms with van der Waals surface area (Å²) in [5.74, 6) is 0.245. The molecular weight excluding hydrogens is 405 g/mol. The van der Waals surface area contributed by atoms with E-state index < -0.39 is 11.9 Å². The van der Waals surface area contributed by atoms with Gasteiger partial charge in [-0.2, -0.15) is 5.10 Å². The third-order valence-corrected chi connectivity index (χ3v) is 5.61. The van der Waals surface area contributed by atoms with E-state index >= 15 is 0 Å². The normalized spacial score (nSPS) is 12.5. The molecule has 172 valence electrons. The molecule has 0 spiro atoms. The summed E-state index contributed by atoms with van der Waals surface area (Å²) in [7, 11) is 1.81. The maximum Gasteiger partial charge on any atom is 0.222 e. The lowest BCUT2D eigenvalue weighted by molar-refractivity contribution is 0.0829. The average Bonchev–Trinajstić information content (AvgIpc) is 3.09. The Morgan fingerprint density at radius 3 is 2.44 bits per heavy atom. The number of halogens is 1. The molecule has 32 heavy (non-hydrogen) atoms. The highest BCUT2D eigenvalue weighted by Crippen LogP contribution is 2.35. The van der Waals surface area contributed by atoms with E-state index in [2.05, 4.69) is 25.7 Å². The van der Waals surface area contributed by atoms with Gasteiger partial charge < -0.3 is 9.84 Å². The molecule has 2 aromatic carbocycles. The van der Waals surface area contributed by atoms with E-state index in [0.717, 1.165) is 36.1 Å². The smallest absolute Gasteiger partial charge is 0.222 e. The van der Waals surface area contributed by atoms with Gasteiger partial charge in [0, 0.05) is 31.7 Å². The van der Waals surface area contributed by atoms with Crippen LogP contribution in [-0.4, -0.2) is 38.5 Å². The molecule has 0 bridgehead atoms. The van der Waals surface area contributed by atoms with E-state index in [0.29, 0.717) is 19.0 Å². The molecule has 0 radical (unpaired) electrons. The second kappa shape index (κ2) is 11.2. The second-order valence-corrected chi connectivity index (χ2v) is 8.47. The first kappa shape index (κ1) is 24.0. The summed E-state index contributed by atoms with van der Waals surface area (Å²) < 4.78 is 22.1. The van der Waals surface area contributed by atoms with Crippen molar-refractivity contribution < 1.29 is 14.2 Å². The molecule has 0 saturated carbocycles. The lowest BCUT2D eigenvalue weighted by Gasteiger charge is -2.29. The summed E-state index contributed by atoms with van der Waals surface area (Å²) >= 11 is 0. The van der Waals surface area contributed by atoms with Crippen LogP contribution in [0, 0.1) is 5.82 Å². The first-order valence-electron chi connectivity index (χ1n) is 11.4. The molecule has 0 aliphatic heterocycles. The van der Waals surface area contributed by atoms with Crippen molar-refractivity contribution in [1.29, 1.82) is 0 Å². The SMILES string of the molecule is CCCC[C@H](O)CN(Cc1c(-c2ccccc2)nn(C)c1Oc1ccccc1F)C(C)C. The van der Waals surface area contributed by atoms with E-state index in [1.807, 2.05) is 37.4 Å². The number of hydrogen-bond donors (Lipinski definition) is 1. The summed E-state index contributed by atoms with van der Waals surface area (Å²) in [6, 6.07) is 16.5. The van der Waals surface area contributed by atoms with Crippen LogP contribution in [-0.2, 0) is 13.6 Å². The summed E-state index contributed by atoms with van der Waals surface area (Å²) in [6.45, 7) is 7.44. The molecule has 0 saturated heterocycles. The number of unbranched alkanes of at least 4 members (excludes halogenated alkanes) is 1. The first-order valence-corrected chi connectivity index (χ1v) is 11.4.